The summed E-state index contributed by atoms with van der Waals surface area (Å²) in [5, 5.41) is 0. The largest absolute Gasteiger partial charge is 0.384 e. The van der Waals surface area contributed by atoms with Crippen molar-refractivity contribution < 1.29 is 9.53 Å². The average Bonchev–Trinajstić information content (AvgIpc) is 2.63. The maximum absolute atomic E-state index is 11.6. The number of aromatic nitrogens is 1. The molecule has 1 amide bonds. The molecular formula is C15H23N3O2. The second-order valence-corrected chi connectivity index (χ2v) is 5.38. The summed E-state index contributed by atoms with van der Waals surface area (Å²) in [6, 6.07) is 4.05. The summed E-state index contributed by atoms with van der Waals surface area (Å²) in [5.41, 5.74) is 1.21. The summed E-state index contributed by atoms with van der Waals surface area (Å²) in [6.45, 7) is 6.62. The van der Waals surface area contributed by atoms with Crippen molar-refractivity contribution in [3.8, 4) is 0 Å². The molecule has 20 heavy (non-hydrogen) atoms. The highest BCUT2D eigenvalue weighted by Gasteiger charge is 2.24. The lowest BCUT2D eigenvalue weighted by Gasteiger charge is -2.23. The number of hydrogen-bond donors (Lipinski definition) is 0. The fraction of sp³-hybridized carbons (Fsp3) is 0.600. The Labute approximate surface area is 120 Å². The van der Waals surface area contributed by atoms with E-state index in [2.05, 4.69) is 16.0 Å². The monoisotopic (exact) mass is 277 g/mol. The lowest BCUT2D eigenvalue weighted by Crippen LogP contribution is -2.35. The molecule has 0 saturated carbocycles. The van der Waals surface area contributed by atoms with Crippen molar-refractivity contribution in [1.82, 2.24) is 14.8 Å². The van der Waals surface area contributed by atoms with Crippen LogP contribution in [0.5, 0.6) is 0 Å². The molecule has 0 spiro atoms. The number of methoxy groups -OCH3 is 1. The number of amides is 1. The number of nitrogens with zero attached hydrogens (tertiary/aromatic N) is 3. The van der Waals surface area contributed by atoms with Crippen molar-refractivity contribution in [1.29, 1.82) is 0 Å². The molecular weight excluding hydrogens is 254 g/mol. The van der Waals surface area contributed by atoms with E-state index in [0.717, 1.165) is 32.7 Å². The van der Waals surface area contributed by atoms with Crippen molar-refractivity contribution in [2.45, 2.75) is 13.5 Å². The molecule has 1 aliphatic heterocycles. The third-order valence-electron chi connectivity index (χ3n) is 3.66. The van der Waals surface area contributed by atoms with E-state index < -0.39 is 0 Å². The van der Waals surface area contributed by atoms with Crippen LogP contribution in [-0.4, -0.2) is 60.6 Å². The van der Waals surface area contributed by atoms with Crippen LogP contribution in [-0.2, 0) is 16.1 Å². The summed E-state index contributed by atoms with van der Waals surface area (Å²) in [6.07, 6.45) is 3.69. The maximum Gasteiger partial charge on any atom is 0.219 e. The van der Waals surface area contributed by atoms with Gasteiger partial charge >= 0.3 is 0 Å². The molecule has 2 heterocycles. The van der Waals surface area contributed by atoms with Crippen LogP contribution in [0, 0.1) is 5.92 Å². The Morgan fingerprint density at radius 2 is 2.30 bits per heavy atom. The van der Waals surface area contributed by atoms with Crippen LogP contribution in [0.2, 0.25) is 0 Å². The zero-order valence-electron chi connectivity index (χ0n) is 12.3. The quantitative estimate of drug-likeness (QED) is 0.824. The van der Waals surface area contributed by atoms with E-state index in [1.165, 1.54) is 5.56 Å². The van der Waals surface area contributed by atoms with E-state index in [9.17, 15) is 4.79 Å². The second kappa shape index (κ2) is 7.36. The molecule has 0 aliphatic carbocycles. The lowest BCUT2D eigenvalue weighted by molar-refractivity contribution is -0.129. The van der Waals surface area contributed by atoms with Gasteiger partial charge in [0.05, 0.1) is 6.61 Å². The van der Waals surface area contributed by atoms with Gasteiger partial charge in [0.25, 0.3) is 0 Å². The highest BCUT2D eigenvalue weighted by molar-refractivity contribution is 5.73. The summed E-state index contributed by atoms with van der Waals surface area (Å²) in [4.78, 5) is 20.1. The molecule has 1 saturated heterocycles. The molecule has 0 N–H and O–H groups in total. The Balaban J connectivity index is 2.00. The number of carbonyl (C=O) groups excluding carboxylic acids is 1. The smallest absolute Gasteiger partial charge is 0.219 e. The van der Waals surface area contributed by atoms with Gasteiger partial charge in [-0.1, -0.05) is 6.07 Å². The third-order valence-corrected chi connectivity index (χ3v) is 3.66. The molecule has 0 unspecified atom stereocenters. The first-order chi connectivity index (χ1) is 9.69. The predicted octanol–water partition coefficient (Wildman–Crippen LogP) is 1.01. The minimum atomic E-state index is 0.148. The van der Waals surface area contributed by atoms with E-state index in [-0.39, 0.29) is 5.91 Å². The van der Waals surface area contributed by atoms with Gasteiger partial charge in [0.15, 0.2) is 0 Å². The van der Waals surface area contributed by atoms with E-state index in [4.69, 9.17) is 4.74 Å². The molecule has 2 rings (SSSR count). The van der Waals surface area contributed by atoms with Crippen molar-refractivity contribution in [3.05, 3.63) is 30.1 Å². The molecule has 1 aromatic rings. The molecule has 1 fully saturated rings. The Hall–Kier alpha value is -1.46. The van der Waals surface area contributed by atoms with Gasteiger partial charge in [0.1, 0.15) is 0 Å². The molecule has 1 aromatic heterocycles. The van der Waals surface area contributed by atoms with Crippen LogP contribution in [0.1, 0.15) is 12.5 Å². The van der Waals surface area contributed by atoms with E-state index in [0.29, 0.717) is 12.5 Å². The predicted molar refractivity (Wildman–Crippen MR) is 77.1 cm³/mol. The van der Waals surface area contributed by atoms with Crippen LogP contribution in [0.4, 0.5) is 0 Å². The summed E-state index contributed by atoms with van der Waals surface area (Å²) >= 11 is 0. The third kappa shape index (κ3) is 4.28. The minimum absolute atomic E-state index is 0.148. The van der Waals surface area contributed by atoms with Crippen LogP contribution in [0.3, 0.4) is 0 Å². The summed E-state index contributed by atoms with van der Waals surface area (Å²) in [7, 11) is 1.72. The van der Waals surface area contributed by atoms with Crippen molar-refractivity contribution >= 4 is 5.91 Å². The molecule has 0 bridgehead atoms. The SMILES string of the molecule is COC[C@H]1CN(Cc2cccnc2)CCN(C(C)=O)C1. The first kappa shape index (κ1) is 14.9. The Morgan fingerprint density at radius 1 is 1.45 bits per heavy atom. The van der Waals surface area contributed by atoms with E-state index >= 15 is 0 Å². The van der Waals surface area contributed by atoms with Crippen molar-refractivity contribution in [2.75, 3.05) is 39.9 Å². The van der Waals surface area contributed by atoms with Gasteiger partial charge in [0.2, 0.25) is 5.91 Å². The molecule has 0 aromatic carbocycles. The first-order valence-electron chi connectivity index (χ1n) is 7.04. The van der Waals surface area contributed by atoms with Gasteiger partial charge in [-0.05, 0) is 11.6 Å². The Kier molecular flexibility index (Phi) is 5.49. The Morgan fingerprint density at radius 3 is 2.95 bits per heavy atom. The van der Waals surface area contributed by atoms with Gasteiger partial charge in [-0.2, -0.15) is 0 Å². The topological polar surface area (TPSA) is 45.7 Å². The zero-order chi connectivity index (χ0) is 14.4. The minimum Gasteiger partial charge on any atom is -0.384 e. The number of hydrogen-bond acceptors (Lipinski definition) is 4. The molecule has 0 radical (unpaired) electrons. The number of ether oxygens (including phenoxy) is 1. The first-order valence-corrected chi connectivity index (χ1v) is 7.04. The summed E-state index contributed by atoms with van der Waals surface area (Å²) in [5.74, 6) is 0.511. The normalized spacial score (nSPS) is 20.7. The highest BCUT2D eigenvalue weighted by Crippen LogP contribution is 2.13. The highest BCUT2D eigenvalue weighted by atomic mass is 16.5. The zero-order valence-corrected chi connectivity index (χ0v) is 12.3. The maximum atomic E-state index is 11.6. The number of carbonyl (C=O) groups is 1. The fourth-order valence-corrected chi connectivity index (χ4v) is 2.70. The van der Waals surface area contributed by atoms with Crippen molar-refractivity contribution in [3.63, 3.8) is 0 Å². The standard InChI is InChI=1S/C15H23N3O2/c1-13(19)18-7-6-17(10-15(11-18)12-20-2)9-14-4-3-5-16-8-14/h3-5,8,15H,6-7,9-12H2,1-2H3/t15-/m0/s1. The van der Waals surface area contributed by atoms with Gasteiger partial charge in [-0.15, -0.1) is 0 Å². The molecule has 5 nitrogen and oxygen atoms in total. The van der Waals surface area contributed by atoms with Crippen LogP contribution in [0.15, 0.2) is 24.5 Å². The molecule has 5 heteroatoms. The van der Waals surface area contributed by atoms with Crippen LogP contribution >= 0.6 is 0 Å². The molecule has 1 atom stereocenters. The second-order valence-electron chi connectivity index (χ2n) is 5.38. The molecule has 1 aliphatic rings. The summed E-state index contributed by atoms with van der Waals surface area (Å²) < 4.78 is 5.29. The van der Waals surface area contributed by atoms with Gasteiger partial charge in [0, 0.05) is 65.1 Å². The van der Waals surface area contributed by atoms with Crippen molar-refractivity contribution in [2.24, 2.45) is 5.92 Å². The van der Waals surface area contributed by atoms with Gasteiger partial charge in [-0.3, -0.25) is 14.7 Å². The average molecular weight is 277 g/mol. The molecule has 110 valence electrons. The van der Waals surface area contributed by atoms with E-state index in [1.807, 2.05) is 17.2 Å². The lowest BCUT2D eigenvalue weighted by atomic mass is 10.1. The van der Waals surface area contributed by atoms with Crippen LogP contribution < -0.4 is 0 Å². The van der Waals surface area contributed by atoms with Gasteiger partial charge in [-0.25, -0.2) is 0 Å². The number of rotatable bonds is 4. The Bertz CT molecular complexity index is 424. The number of pyridine rings is 1. The van der Waals surface area contributed by atoms with Crippen LogP contribution in [0.25, 0.3) is 0 Å². The van der Waals surface area contributed by atoms with Gasteiger partial charge < -0.3 is 9.64 Å². The van der Waals surface area contributed by atoms with E-state index in [1.54, 1.807) is 20.2 Å². The fourth-order valence-electron chi connectivity index (χ4n) is 2.70.